The fourth-order valence-corrected chi connectivity index (χ4v) is 7.30. The number of benzene rings is 4. The molecule has 1 aliphatic heterocycles. The molecule has 41 heavy (non-hydrogen) atoms. The zero-order valence-electron chi connectivity index (χ0n) is 21.9. The number of aromatic hydroxyl groups is 1. The highest BCUT2D eigenvalue weighted by Crippen LogP contribution is 2.63. The lowest BCUT2D eigenvalue weighted by molar-refractivity contribution is -0.122. The van der Waals surface area contributed by atoms with Crippen molar-refractivity contribution in [2.45, 2.75) is 18.3 Å². The van der Waals surface area contributed by atoms with Gasteiger partial charge in [0.05, 0.1) is 28.5 Å². The number of hydrogen-bond donors (Lipinski definition) is 2. The van der Waals surface area contributed by atoms with Crippen LogP contribution < -0.4 is 10.3 Å². The zero-order valence-corrected chi connectivity index (χ0v) is 23.5. The Morgan fingerprint density at radius 2 is 1.56 bits per heavy atom. The second kappa shape index (κ2) is 9.24. The number of anilines is 1. The van der Waals surface area contributed by atoms with E-state index in [-0.39, 0.29) is 29.0 Å². The van der Waals surface area contributed by atoms with Gasteiger partial charge in [-0.2, -0.15) is 5.10 Å². The molecule has 0 radical (unpaired) electrons. The number of amides is 3. The van der Waals surface area contributed by atoms with E-state index in [0.29, 0.717) is 10.2 Å². The van der Waals surface area contributed by atoms with E-state index in [9.17, 15) is 19.5 Å². The molecule has 202 valence electrons. The Balaban J connectivity index is 1.40. The van der Waals surface area contributed by atoms with Gasteiger partial charge >= 0.3 is 0 Å². The smallest absolute Gasteiger partial charge is 0.275 e. The number of carbonyl (C=O) groups excluding carboxylic acids is 3. The van der Waals surface area contributed by atoms with Gasteiger partial charge in [0.15, 0.2) is 0 Å². The van der Waals surface area contributed by atoms with Gasteiger partial charge in [-0.3, -0.25) is 14.4 Å². The second-order valence-electron chi connectivity index (χ2n) is 10.7. The van der Waals surface area contributed by atoms with Crippen molar-refractivity contribution in [3.8, 4) is 5.75 Å². The summed E-state index contributed by atoms with van der Waals surface area (Å²) in [4.78, 5) is 42.9. The second-order valence-corrected chi connectivity index (χ2v) is 11.6. The summed E-state index contributed by atoms with van der Waals surface area (Å²) in [6.07, 6.45) is 1.61. The first-order valence-electron chi connectivity index (χ1n) is 13.3. The van der Waals surface area contributed by atoms with Crippen LogP contribution >= 0.6 is 15.9 Å². The van der Waals surface area contributed by atoms with E-state index in [2.05, 4.69) is 26.5 Å². The molecular weight excluding hydrogens is 582 g/mol. The molecular formula is C33H24BrN3O4. The summed E-state index contributed by atoms with van der Waals surface area (Å²) in [6, 6.07) is 27.7. The molecule has 3 aliphatic carbocycles. The molecule has 8 heteroatoms. The number of rotatable bonds is 4. The number of carbonyl (C=O) groups is 3. The zero-order chi connectivity index (χ0) is 28.5. The lowest BCUT2D eigenvalue weighted by Gasteiger charge is -2.52. The summed E-state index contributed by atoms with van der Waals surface area (Å²) in [5, 5.41) is 14.6. The van der Waals surface area contributed by atoms with E-state index in [1.165, 1.54) is 17.0 Å². The quantitative estimate of drug-likeness (QED) is 0.184. The molecule has 1 heterocycles. The van der Waals surface area contributed by atoms with Gasteiger partial charge in [0.2, 0.25) is 11.8 Å². The van der Waals surface area contributed by atoms with Gasteiger partial charge in [-0.1, -0.05) is 82.2 Å². The standard InChI is InChI=1S/C33H24BrN3O4/c1-18-10-13-20(14-11-18)37-31(40)28-27-21-6-2-4-8-24(21)33(29(28)32(37)41,25-9-5-3-7-22(25)27)17-35-36-30(39)23-16-19(34)12-15-26(23)38/h2-17,27-29,38H,1H3,(H,36,39)/b35-17+/t27?,28-,29-,33?/m0/s1. The van der Waals surface area contributed by atoms with Crippen molar-refractivity contribution in [2.75, 3.05) is 4.90 Å². The molecule has 7 nitrogen and oxygen atoms in total. The van der Waals surface area contributed by atoms with E-state index in [1.54, 1.807) is 24.4 Å². The number of phenolic OH excluding ortho intramolecular Hbond substituents is 1. The average Bonchev–Trinajstić information content (AvgIpc) is 3.25. The fraction of sp³-hybridized carbons (Fsp3) is 0.152. The van der Waals surface area contributed by atoms with Crippen molar-refractivity contribution >= 4 is 45.6 Å². The van der Waals surface area contributed by atoms with Crippen molar-refractivity contribution in [1.29, 1.82) is 0 Å². The van der Waals surface area contributed by atoms with Crippen LogP contribution in [-0.2, 0) is 15.0 Å². The minimum absolute atomic E-state index is 0.0534. The molecule has 2 atom stereocenters. The number of phenols is 1. The Morgan fingerprint density at radius 1 is 0.927 bits per heavy atom. The van der Waals surface area contributed by atoms with Gasteiger partial charge < -0.3 is 5.11 Å². The van der Waals surface area contributed by atoms with E-state index < -0.39 is 23.2 Å². The minimum atomic E-state index is -1.11. The Hall–Kier alpha value is -4.56. The molecule has 1 saturated heterocycles. The molecule has 0 unspecified atom stereocenters. The molecule has 0 spiro atoms. The highest BCUT2D eigenvalue weighted by Gasteiger charge is 2.68. The van der Waals surface area contributed by atoms with Crippen molar-refractivity contribution in [3.05, 3.63) is 129 Å². The molecule has 0 saturated carbocycles. The number of nitrogens with one attached hydrogen (secondary N) is 1. The summed E-state index contributed by atoms with van der Waals surface area (Å²) >= 11 is 3.32. The number of halogens is 1. The predicted molar refractivity (Wildman–Crippen MR) is 158 cm³/mol. The molecule has 3 amide bonds. The van der Waals surface area contributed by atoms with Gasteiger partial charge in [-0.05, 0) is 59.5 Å². The molecule has 4 aromatic carbocycles. The van der Waals surface area contributed by atoms with Gasteiger partial charge in [-0.15, -0.1) is 0 Å². The van der Waals surface area contributed by atoms with Crippen LogP contribution in [0.15, 0.2) is 101 Å². The van der Waals surface area contributed by atoms with E-state index >= 15 is 0 Å². The summed E-state index contributed by atoms with van der Waals surface area (Å²) in [5.74, 6) is -3.00. The number of hydrogen-bond acceptors (Lipinski definition) is 5. The molecule has 0 aromatic heterocycles. The third kappa shape index (κ3) is 3.56. The monoisotopic (exact) mass is 605 g/mol. The van der Waals surface area contributed by atoms with Gasteiger partial charge in [0.1, 0.15) is 5.75 Å². The summed E-state index contributed by atoms with van der Waals surface area (Å²) in [6.45, 7) is 1.96. The highest BCUT2D eigenvalue weighted by atomic mass is 79.9. The maximum atomic E-state index is 14.4. The normalized spacial score (nSPS) is 23.9. The summed E-state index contributed by atoms with van der Waals surface area (Å²) in [5.41, 5.74) is 6.79. The Kier molecular flexibility index (Phi) is 5.73. The van der Waals surface area contributed by atoms with Crippen LogP contribution in [0.1, 0.15) is 44.1 Å². The number of hydrazone groups is 1. The van der Waals surface area contributed by atoms with Crippen molar-refractivity contribution < 1.29 is 19.5 Å². The van der Waals surface area contributed by atoms with Crippen LogP contribution in [0.25, 0.3) is 0 Å². The van der Waals surface area contributed by atoms with Crippen LogP contribution in [-0.4, -0.2) is 29.0 Å². The van der Waals surface area contributed by atoms with Crippen LogP contribution in [0.5, 0.6) is 5.75 Å². The molecule has 8 rings (SSSR count). The number of imide groups is 1. The van der Waals surface area contributed by atoms with E-state index in [0.717, 1.165) is 27.8 Å². The van der Waals surface area contributed by atoms with Crippen LogP contribution in [0.3, 0.4) is 0 Å². The number of aryl methyl sites for hydroxylation is 1. The fourth-order valence-electron chi connectivity index (χ4n) is 6.94. The molecule has 2 N–H and O–H groups in total. The maximum Gasteiger partial charge on any atom is 0.275 e. The SMILES string of the molecule is Cc1ccc(N2C(=O)[C@@H]3[C@@H](C2=O)C2c4ccccc4C3(/C=N/NC(=O)c3cc(Br)ccc3O)c3ccccc32)cc1. The summed E-state index contributed by atoms with van der Waals surface area (Å²) < 4.78 is 0.630. The van der Waals surface area contributed by atoms with Gasteiger partial charge in [-0.25, -0.2) is 10.3 Å². The molecule has 4 aliphatic rings. The largest absolute Gasteiger partial charge is 0.507 e. The first-order chi connectivity index (χ1) is 19.8. The third-order valence-electron chi connectivity index (χ3n) is 8.61. The highest BCUT2D eigenvalue weighted by molar-refractivity contribution is 9.10. The topological polar surface area (TPSA) is 99.1 Å². The lowest BCUT2D eigenvalue weighted by atomic mass is 9.47. The number of nitrogens with zero attached hydrogens (tertiary/aromatic N) is 2. The third-order valence-corrected chi connectivity index (χ3v) is 9.11. The molecule has 1 fully saturated rings. The molecule has 2 bridgehead atoms. The van der Waals surface area contributed by atoms with E-state index in [4.69, 9.17) is 0 Å². The van der Waals surface area contributed by atoms with E-state index in [1.807, 2.05) is 67.6 Å². The first-order valence-corrected chi connectivity index (χ1v) is 14.1. The van der Waals surface area contributed by atoms with Crippen LogP contribution in [0, 0.1) is 18.8 Å². The predicted octanol–water partition coefficient (Wildman–Crippen LogP) is 5.43. The van der Waals surface area contributed by atoms with Crippen molar-refractivity contribution in [2.24, 2.45) is 16.9 Å². The summed E-state index contributed by atoms with van der Waals surface area (Å²) in [7, 11) is 0. The Morgan fingerprint density at radius 3 is 2.22 bits per heavy atom. The average molecular weight is 606 g/mol. The van der Waals surface area contributed by atoms with Gasteiger partial charge in [0, 0.05) is 16.6 Å². The first kappa shape index (κ1) is 25.4. The minimum Gasteiger partial charge on any atom is -0.507 e. The van der Waals surface area contributed by atoms with Crippen molar-refractivity contribution in [1.82, 2.24) is 5.43 Å². The Labute approximate surface area is 244 Å². The lowest BCUT2D eigenvalue weighted by Crippen LogP contribution is -2.54. The Bertz CT molecular complexity index is 1750. The van der Waals surface area contributed by atoms with Crippen LogP contribution in [0.4, 0.5) is 5.69 Å². The maximum absolute atomic E-state index is 14.4. The van der Waals surface area contributed by atoms with Gasteiger partial charge in [0.25, 0.3) is 5.91 Å². The molecule has 4 aromatic rings. The van der Waals surface area contributed by atoms with Crippen LogP contribution in [0.2, 0.25) is 0 Å². The van der Waals surface area contributed by atoms with Crippen molar-refractivity contribution in [3.63, 3.8) is 0 Å².